The molecule has 1 saturated heterocycles. The van der Waals surface area contributed by atoms with E-state index >= 15 is 0 Å². The van der Waals surface area contributed by atoms with Crippen LogP contribution in [0.15, 0.2) is 29.4 Å². The van der Waals surface area contributed by atoms with Crippen LogP contribution < -0.4 is 16.2 Å². The summed E-state index contributed by atoms with van der Waals surface area (Å²) in [5.74, 6) is -2.60. The summed E-state index contributed by atoms with van der Waals surface area (Å²) in [6, 6.07) is 3.07. The van der Waals surface area contributed by atoms with Gasteiger partial charge >= 0.3 is 11.8 Å². The van der Waals surface area contributed by atoms with E-state index in [9.17, 15) is 22.8 Å². The first-order valence-electron chi connectivity index (χ1n) is 8.69. The molecule has 146 valence electrons. The van der Waals surface area contributed by atoms with E-state index < -0.39 is 33.7 Å². The lowest BCUT2D eigenvalue weighted by Gasteiger charge is -2.30. The van der Waals surface area contributed by atoms with E-state index in [0.717, 1.165) is 12.8 Å². The van der Waals surface area contributed by atoms with Gasteiger partial charge in [0, 0.05) is 37.4 Å². The van der Waals surface area contributed by atoms with Gasteiger partial charge in [-0.1, -0.05) is 0 Å². The molecule has 2 fully saturated rings. The van der Waals surface area contributed by atoms with Crippen LogP contribution in [0.2, 0.25) is 0 Å². The Hall–Kier alpha value is -2.53. The van der Waals surface area contributed by atoms with Gasteiger partial charge in [0.25, 0.3) is 0 Å². The fourth-order valence-electron chi connectivity index (χ4n) is 2.76. The van der Waals surface area contributed by atoms with Crippen molar-refractivity contribution in [3.63, 3.8) is 0 Å². The lowest BCUT2D eigenvalue weighted by Crippen LogP contribution is -2.51. The molecule has 1 aliphatic heterocycles. The van der Waals surface area contributed by atoms with Crippen LogP contribution in [0.4, 0.5) is 0 Å². The number of amides is 3. The summed E-state index contributed by atoms with van der Waals surface area (Å²) < 4.78 is 26.4. The van der Waals surface area contributed by atoms with E-state index in [2.05, 4.69) is 21.2 Å². The van der Waals surface area contributed by atoms with Crippen LogP contribution in [0.25, 0.3) is 0 Å². The number of carbonyl (C=O) groups is 3. The van der Waals surface area contributed by atoms with Gasteiger partial charge in [0.15, 0.2) is 0 Å². The molecule has 3 amide bonds. The number of nitrogens with one attached hydrogen (secondary N) is 3. The van der Waals surface area contributed by atoms with Crippen LogP contribution in [0.1, 0.15) is 25.7 Å². The zero-order chi connectivity index (χ0) is 19.4. The smallest absolute Gasteiger partial charge is 0.327 e. The van der Waals surface area contributed by atoms with Crippen molar-refractivity contribution in [3.05, 3.63) is 24.5 Å². The normalized spacial score (nSPS) is 18.5. The van der Waals surface area contributed by atoms with Gasteiger partial charge < -0.3 is 5.32 Å². The fraction of sp³-hybridized carbons (Fsp3) is 0.500. The summed E-state index contributed by atoms with van der Waals surface area (Å²) in [4.78, 5) is 39.2. The van der Waals surface area contributed by atoms with E-state index in [1.165, 1.54) is 22.8 Å². The number of hydrogen-bond acceptors (Lipinski definition) is 6. The first-order chi connectivity index (χ1) is 12.9. The van der Waals surface area contributed by atoms with Crippen LogP contribution in [0, 0.1) is 5.92 Å². The zero-order valence-electron chi connectivity index (χ0n) is 14.6. The number of sulfonamides is 1. The maximum absolute atomic E-state index is 12.5. The minimum absolute atomic E-state index is 0.0463. The highest BCUT2D eigenvalue weighted by molar-refractivity contribution is 7.89. The third-order valence-electron chi connectivity index (χ3n) is 4.51. The van der Waals surface area contributed by atoms with Gasteiger partial charge in [-0.15, -0.1) is 0 Å². The number of pyridine rings is 1. The van der Waals surface area contributed by atoms with Gasteiger partial charge in [-0.05, 0) is 37.8 Å². The molecule has 1 aromatic heterocycles. The lowest BCUT2D eigenvalue weighted by molar-refractivity contribution is -0.141. The van der Waals surface area contributed by atoms with Gasteiger partial charge in [0.05, 0.1) is 0 Å². The number of hydrazine groups is 1. The predicted octanol–water partition coefficient (Wildman–Crippen LogP) is -1.09. The van der Waals surface area contributed by atoms with E-state index in [1.807, 2.05) is 0 Å². The Balaban J connectivity index is 1.46. The molecule has 1 aromatic rings. The molecule has 3 N–H and O–H groups in total. The molecule has 3 rings (SSSR count). The Morgan fingerprint density at radius 2 is 1.74 bits per heavy atom. The second-order valence-electron chi connectivity index (χ2n) is 6.56. The van der Waals surface area contributed by atoms with Crippen molar-refractivity contribution in [3.8, 4) is 0 Å². The zero-order valence-corrected chi connectivity index (χ0v) is 15.4. The molecule has 0 atom stereocenters. The standard InChI is InChI=1S/C16H21N5O5S/c22-14(19-20-16(24)15(23)18-12-3-4-12)11-5-8-21(9-6-11)27(25,26)13-2-1-7-17-10-13/h1-2,7,10-12H,3-6,8-9H2,(H,18,23)(H,19,22)(H,20,24). The van der Waals surface area contributed by atoms with E-state index in [-0.39, 0.29) is 24.0 Å². The Labute approximate surface area is 156 Å². The van der Waals surface area contributed by atoms with Crippen LogP contribution >= 0.6 is 0 Å². The highest BCUT2D eigenvalue weighted by Gasteiger charge is 2.32. The molecular formula is C16H21N5O5S. The molecule has 10 nitrogen and oxygen atoms in total. The summed E-state index contributed by atoms with van der Waals surface area (Å²) in [6.07, 6.45) is 5.12. The summed E-state index contributed by atoms with van der Waals surface area (Å²) in [7, 11) is -3.64. The van der Waals surface area contributed by atoms with E-state index in [1.54, 1.807) is 6.07 Å². The minimum atomic E-state index is -3.64. The van der Waals surface area contributed by atoms with Gasteiger partial charge in [0.1, 0.15) is 4.90 Å². The molecule has 0 aromatic carbocycles. The molecule has 27 heavy (non-hydrogen) atoms. The van der Waals surface area contributed by atoms with Gasteiger partial charge in [-0.2, -0.15) is 4.31 Å². The first-order valence-corrected chi connectivity index (χ1v) is 10.1. The summed E-state index contributed by atoms with van der Waals surface area (Å²) >= 11 is 0. The molecule has 0 unspecified atom stereocenters. The summed E-state index contributed by atoms with van der Waals surface area (Å²) in [5, 5.41) is 2.51. The van der Waals surface area contributed by atoms with Crippen molar-refractivity contribution >= 4 is 27.7 Å². The van der Waals surface area contributed by atoms with Crippen molar-refractivity contribution in [1.82, 2.24) is 25.5 Å². The average molecular weight is 395 g/mol. The van der Waals surface area contributed by atoms with Crippen LogP contribution in [0.3, 0.4) is 0 Å². The van der Waals surface area contributed by atoms with Crippen molar-refractivity contribution in [1.29, 1.82) is 0 Å². The van der Waals surface area contributed by atoms with Gasteiger partial charge in [-0.3, -0.25) is 30.2 Å². The van der Waals surface area contributed by atoms with Crippen molar-refractivity contribution in [2.75, 3.05) is 13.1 Å². The van der Waals surface area contributed by atoms with Crippen molar-refractivity contribution in [2.24, 2.45) is 5.92 Å². The molecular weight excluding hydrogens is 374 g/mol. The van der Waals surface area contributed by atoms with Crippen LogP contribution in [0.5, 0.6) is 0 Å². The van der Waals surface area contributed by atoms with Gasteiger partial charge in [-0.25, -0.2) is 8.42 Å². The number of rotatable bonds is 4. The second-order valence-corrected chi connectivity index (χ2v) is 8.50. The topological polar surface area (TPSA) is 138 Å². The minimum Gasteiger partial charge on any atom is -0.345 e. The van der Waals surface area contributed by atoms with Crippen molar-refractivity contribution < 1.29 is 22.8 Å². The molecule has 0 radical (unpaired) electrons. The highest BCUT2D eigenvalue weighted by Crippen LogP contribution is 2.23. The predicted molar refractivity (Wildman–Crippen MR) is 93.2 cm³/mol. The first kappa shape index (κ1) is 19.2. The maximum atomic E-state index is 12.5. The fourth-order valence-corrected chi connectivity index (χ4v) is 4.20. The third kappa shape index (κ3) is 4.80. The Morgan fingerprint density at radius 3 is 2.33 bits per heavy atom. The molecule has 0 bridgehead atoms. The van der Waals surface area contributed by atoms with E-state index in [4.69, 9.17) is 0 Å². The third-order valence-corrected chi connectivity index (χ3v) is 6.40. The Morgan fingerprint density at radius 1 is 1.04 bits per heavy atom. The van der Waals surface area contributed by atoms with E-state index in [0.29, 0.717) is 12.8 Å². The average Bonchev–Trinajstić information content (AvgIpc) is 3.50. The maximum Gasteiger partial charge on any atom is 0.327 e. The lowest BCUT2D eigenvalue weighted by atomic mass is 9.98. The summed E-state index contributed by atoms with van der Waals surface area (Å²) in [5.41, 5.74) is 4.32. The number of hydrogen-bond donors (Lipinski definition) is 3. The number of aromatic nitrogens is 1. The molecule has 0 spiro atoms. The van der Waals surface area contributed by atoms with Crippen molar-refractivity contribution in [2.45, 2.75) is 36.6 Å². The van der Waals surface area contributed by atoms with Gasteiger partial charge in [0.2, 0.25) is 15.9 Å². The summed E-state index contributed by atoms with van der Waals surface area (Å²) in [6.45, 7) is 0.372. The highest BCUT2D eigenvalue weighted by atomic mass is 32.2. The number of piperidine rings is 1. The quantitative estimate of drug-likeness (QED) is 0.437. The SMILES string of the molecule is O=C(NNC(=O)C1CCN(S(=O)(=O)c2cccnc2)CC1)C(=O)NC1CC1. The molecule has 2 heterocycles. The van der Waals surface area contributed by atoms with Crippen LogP contribution in [-0.4, -0.2) is 54.6 Å². The molecule has 1 saturated carbocycles. The Kier molecular flexibility index (Phi) is 5.71. The largest absolute Gasteiger partial charge is 0.345 e. The monoisotopic (exact) mass is 395 g/mol. The van der Waals surface area contributed by atoms with Crippen LogP contribution in [-0.2, 0) is 24.4 Å². The molecule has 1 aliphatic carbocycles. The number of nitrogens with zero attached hydrogens (tertiary/aromatic N) is 2. The second kappa shape index (κ2) is 8.01. The number of carbonyl (C=O) groups excluding carboxylic acids is 3. The Bertz CT molecular complexity index is 817. The molecule has 11 heteroatoms. The molecule has 2 aliphatic rings.